The van der Waals surface area contributed by atoms with E-state index in [2.05, 4.69) is 13.0 Å². The number of carbonyl (C=O) groups excluding carboxylic acids is 2. The lowest BCUT2D eigenvalue weighted by Gasteiger charge is -2.44. The summed E-state index contributed by atoms with van der Waals surface area (Å²) < 4.78 is 11.2. The minimum Gasteiger partial charge on any atom is -0.497 e. The third-order valence-electron chi connectivity index (χ3n) is 8.03. The summed E-state index contributed by atoms with van der Waals surface area (Å²) in [6, 6.07) is 13.8. The Hall–Kier alpha value is -3.74. The van der Waals surface area contributed by atoms with E-state index < -0.39 is 5.54 Å². The Morgan fingerprint density at radius 2 is 1.84 bits per heavy atom. The lowest BCUT2D eigenvalue weighted by Crippen LogP contribution is -2.54. The second kappa shape index (κ2) is 9.96. The first-order valence-electron chi connectivity index (χ1n) is 13.0. The highest BCUT2D eigenvalue weighted by molar-refractivity contribution is 5.92. The predicted molar refractivity (Wildman–Crippen MR) is 143 cm³/mol. The summed E-state index contributed by atoms with van der Waals surface area (Å²) in [5.41, 5.74) is 3.77. The van der Waals surface area contributed by atoms with Crippen molar-refractivity contribution in [1.82, 2.24) is 14.7 Å². The third-order valence-corrected chi connectivity index (χ3v) is 8.03. The van der Waals surface area contributed by atoms with Gasteiger partial charge in [-0.2, -0.15) is 0 Å². The van der Waals surface area contributed by atoms with Crippen LogP contribution in [-0.4, -0.2) is 66.0 Å². The molecule has 3 aliphatic rings. The fourth-order valence-electron chi connectivity index (χ4n) is 6.20. The summed E-state index contributed by atoms with van der Waals surface area (Å²) in [5, 5.41) is 0. The van der Waals surface area contributed by atoms with E-state index in [1.54, 1.807) is 20.3 Å². The van der Waals surface area contributed by atoms with Gasteiger partial charge in [0.05, 0.1) is 26.3 Å². The molecule has 0 radical (unpaired) electrons. The molecule has 2 aromatic rings. The van der Waals surface area contributed by atoms with Crippen LogP contribution in [0.15, 0.2) is 60.3 Å². The van der Waals surface area contributed by atoms with Gasteiger partial charge < -0.3 is 19.3 Å². The van der Waals surface area contributed by atoms with E-state index in [9.17, 15) is 9.59 Å². The van der Waals surface area contributed by atoms with Crippen molar-refractivity contribution >= 4 is 18.0 Å². The molecule has 3 amide bonds. The number of rotatable bonds is 5. The number of amides is 3. The van der Waals surface area contributed by atoms with E-state index >= 15 is 0 Å². The topological polar surface area (TPSA) is 62.3 Å². The number of fused-ring (bicyclic) bond motifs is 3. The van der Waals surface area contributed by atoms with Crippen LogP contribution in [0.3, 0.4) is 0 Å². The molecular weight excluding hydrogens is 466 g/mol. The van der Waals surface area contributed by atoms with Crippen molar-refractivity contribution in [2.75, 3.05) is 33.9 Å². The summed E-state index contributed by atoms with van der Waals surface area (Å²) in [7, 11) is 3.31. The molecule has 3 heterocycles. The minimum absolute atomic E-state index is 0.00961. The number of carbonyl (C=O) groups is 2. The van der Waals surface area contributed by atoms with E-state index in [0.717, 1.165) is 33.9 Å². The summed E-state index contributed by atoms with van der Waals surface area (Å²) in [6.07, 6.45) is 7.18. The fourth-order valence-corrected chi connectivity index (χ4v) is 6.20. The van der Waals surface area contributed by atoms with E-state index in [1.165, 1.54) is 0 Å². The van der Waals surface area contributed by atoms with Gasteiger partial charge in [0.2, 0.25) is 5.91 Å². The van der Waals surface area contributed by atoms with Gasteiger partial charge in [0, 0.05) is 49.0 Å². The molecule has 2 fully saturated rings. The van der Waals surface area contributed by atoms with Gasteiger partial charge >= 0.3 is 6.03 Å². The average molecular weight is 502 g/mol. The van der Waals surface area contributed by atoms with Gasteiger partial charge in [-0.3, -0.25) is 9.69 Å². The number of likely N-dealkylation sites (N-methyl/N-ethyl adjacent to an activating group) is 1. The highest BCUT2D eigenvalue weighted by Gasteiger charge is 2.55. The zero-order valence-corrected chi connectivity index (χ0v) is 22.1. The normalized spacial score (nSPS) is 20.5. The SMILES string of the molecule is CCN1C(=O)N2Cc3cc(OC)cc(OC)c3C(C)C=C2C12CCN(C(=O)C=Cc1ccccc1)CC2. The zero-order valence-electron chi connectivity index (χ0n) is 22.1. The van der Waals surface area contributed by atoms with Gasteiger partial charge in [-0.15, -0.1) is 0 Å². The van der Waals surface area contributed by atoms with Gasteiger partial charge in [0.15, 0.2) is 0 Å². The molecule has 7 heteroatoms. The number of allylic oxidation sites excluding steroid dienone is 1. The van der Waals surface area contributed by atoms with Crippen LogP contribution in [0.2, 0.25) is 0 Å². The van der Waals surface area contributed by atoms with E-state index in [0.29, 0.717) is 39.0 Å². The molecule has 0 N–H and O–H groups in total. The number of urea groups is 1. The average Bonchev–Trinajstić information content (AvgIpc) is 3.03. The number of hydrogen-bond acceptors (Lipinski definition) is 4. The first-order valence-corrected chi connectivity index (χ1v) is 13.0. The van der Waals surface area contributed by atoms with Gasteiger partial charge in [0.1, 0.15) is 11.5 Å². The van der Waals surface area contributed by atoms with Crippen molar-refractivity contribution in [3.63, 3.8) is 0 Å². The van der Waals surface area contributed by atoms with Gasteiger partial charge in [-0.05, 0) is 43.0 Å². The molecule has 1 unspecified atom stereocenters. The molecule has 7 nitrogen and oxygen atoms in total. The standard InChI is InChI=1S/C30H35N3O4/c1-5-33-29(35)32-20-23-18-24(36-3)19-25(37-4)28(23)21(2)17-26(32)30(33)13-15-31(16-14-30)27(34)12-11-22-9-7-6-8-10-22/h6-12,17-19,21H,5,13-16,20H2,1-4H3. The first kappa shape index (κ1) is 24.9. The summed E-state index contributed by atoms with van der Waals surface area (Å²) in [4.78, 5) is 32.6. The number of methoxy groups -OCH3 is 2. The molecule has 2 saturated heterocycles. The maximum absolute atomic E-state index is 13.8. The van der Waals surface area contributed by atoms with Crippen molar-refractivity contribution in [3.8, 4) is 11.5 Å². The van der Waals surface area contributed by atoms with Crippen molar-refractivity contribution in [2.24, 2.45) is 0 Å². The fraction of sp³-hybridized carbons (Fsp3) is 0.400. The number of hydrogen-bond donors (Lipinski definition) is 0. The second-order valence-corrected chi connectivity index (χ2v) is 9.96. The summed E-state index contributed by atoms with van der Waals surface area (Å²) in [6.45, 7) is 6.49. The highest BCUT2D eigenvalue weighted by atomic mass is 16.5. The molecule has 2 aromatic carbocycles. The molecule has 3 aliphatic heterocycles. The minimum atomic E-state index is -0.417. The summed E-state index contributed by atoms with van der Waals surface area (Å²) >= 11 is 0. The Kier molecular flexibility index (Phi) is 6.71. The Balaban J connectivity index is 1.43. The Bertz CT molecular complexity index is 1240. The monoisotopic (exact) mass is 501 g/mol. The van der Waals surface area contributed by atoms with E-state index in [-0.39, 0.29) is 17.9 Å². The van der Waals surface area contributed by atoms with Crippen LogP contribution < -0.4 is 9.47 Å². The van der Waals surface area contributed by atoms with Crippen LogP contribution in [0, 0.1) is 0 Å². The lowest BCUT2D eigenvalue weighted by atomic mass is 9.82. The van der Waals surface area contributed by atoms with Crippen LogP contribution >= 0.6 is 0 Å². The van der Waals surface area contributed by atoms with Crippen LogP contribution in [0.1, 0.15) is 49.3 Å². The van der Waals surface area contributed by atoms with Crippen LogP contribution in [0.5, 0.6) is 11.5 Å². The van der Waals surface area contributed by atoms with E-state index in [4.69, 9.17) is 9.47 Å². The number of ether oxygens (including phenoxy) is 2. The lowest BCUT2D eigenvalue weighted by molar-refractivity contribution is -0.127. The molecule has 1 atom stereocenters. The maximum atomic E-state index is 13.8. The molecule has 0 aliphatic carbocycles. The van der Waals surface area contributed by atoms with Crippen molar-refractivity contribution in [2.45, 2.75) is 44.7 Å². The van der Waals surface area contributed by atoms with Crippen LogP contribution in [0.25, 0.3) is 6.08 Å². The van der Waals surface area contributed by atoms with Crippen molar-refractivity contribution in [3.05, 3.63) is 77.0 Å². The largest absolute Gasteiger partial charge is 0.497 e. The summed E-state index contributed by atoms with van der Waals surface area (Å²) in [5.74, 6) is 1.57. The van der Waals surface area contributed by atoms with Crippen molar-refractivity contribution in [1.29, 1.82) is 0 Å². The number of likely N-dealkylation sites (tertiary alicyclic amines) is 1. The molecule has 194 valence electrons. The molecule has 1 spiro atoms. The van der Waals surface area contributed by atoms with Crippen molar-refractivity contribution < 1.29 is 19.1 Å². The molecule has 5 rings (SSSR count). The Labute approximate surface area is 218 Å². The van der Waals surface area contributed by atoms with E-state index in [1.807, 2.05) is 70.2 Å². The zero-order chi connectivity index (χ0) is 26.2. The van der Waals surface area contributed by atoms with Gasteiger partial charge in [-0.1, -0.05) is 43.3 Å². The first-order chi connectivity index (χ1) is 17.9. The molecule has 0 bridgehead atoms. The molecule has 0 saturated carbocycles. The maximum Gasteiger partial charge on any atom is 0.325 e. The van der Waals surface area contributed by atoms with Gasteiger partial charge in [-0.25, -0.2) is 4.79 Å². The highest BCUT2D eigenvalue weighted by Crippen LogP contribution is 2.49. The predicted octanol–water partition coefficient (Wildman–Crippen LogP) is 5.04. The van der Waals surface area contributed by atoms with Crippen LogP contribution in [-0.2, 0) is 11.3 Å². The Morgan fingerprint density at radius 3 is 2.49 bits per heavy atom. The quantitative estimate of drug-likeness (QED) is 0.539. The molecular formula is C30H35N3O4. The second-order valence-electron chi connectivity index (χ2n) is 9.96. The number of piperidine rings is 1. The van der Waals surface area contributed by atoms with Crippen LogP contribution in [0.4, 0.5) is 4.79 Å². The molecule has 0 aromatic heterocycles. The number of benzene rings is 2. The Morgan fingerprint density at radius 1 is 1.11 bits per heavy atom. The third kappa shape index (κ3) is 4.26. The van der Waals surface area contributed by atoms with Gasteiger partial charge in [0.25, 0.3) is 0 Å². The molecule has 37 heavy (non-hydrogen) atoms. The smallest absolute Gasteiger partial charge is 0.325 e. The number of nitrogens with zero attached hydrogens (tertiary/aromatic N) is 3.